The fraction of sp³-hybridized carbons (Fsp3) is 0.385. The van der Waals surface area contributed by atoms with Crippen molar-refractivity contribution < 1.29 is 9.59 Å². The molecule has 0 aromatic heterocycles. The van der Waals surface area contributed by atoms with Crippen LogP contribution in [-0.4, -0.2) is 36.9 Å². The van der Waals surface area contributed by atoms with Gasteiger partial charge in [0.1, 0.15) is 0 Å². The fourth-order valence-corrected chi connectivity index (χ4v) is 1.64. The first-order chi connectivity index (χ1) is 9.01. The van der Waals surface area contributed by atoms with E-state index in [2.05, 4.69) is 5.32 Å². The molecule has 1 rings (SSSR count). The Morgan fingerprint density at radius 1 is 1.37 bits per heavy atom. The Labute approximate surface area is 112 Å². The van der Waals surface area contributed by atoms with E-state index in [0.717, 1.165) is 11.3 Å². The first-order valence-corrected chi connectivity index (χ1v) is 6.07. The summed E-state index contributed by atoms with van der Waals surface area (Å²) in [5.41, 5.74) is 12.3. The zero-order valence-corrected chi connectivity index (χ0v) is 11.1. The number of anilines is 1. The molecule has 19 heavy (non-hydrogen) atoms. The molecule has 0 fully saturated rings. The van der Waals surface area contributed by atoms with Crippen LogP contribution < -0.4 is 16.8 Å². The van der Waals surface area contributed by atoms with Crippen molar-refractivity contribution in [2.45, 2.75) is 13.0 Å². The molecule has 104 valence electrons. The van der Waals surface area contributed by atoms with E-state index in [1.807, 2.05) is 24.3 Å². The van der Waals surface area contributed by atoms with Gasteiger partial charge in [0.2, 0.25) is 11.8 Å². The van der Waals surface area contributed by atoms with Gasteiger partial charge in [-0.3, -0.25) is 14.5 Å². The van der Waals surface area contributed by atoms with Crippen molar-refractivity contribution in [2.75, 3.05) is 25.5 Å². The molecular weight excluding hydrogens is 244 g/mol. The lowest BCUT2D eigenvalue weighted by molar-refractivity contribution is -0.120. The van der Waals surface area contributed by atoms with Crippen LogP contribution in [-0.2, 0) is 16.1 Å². The number of hydrogen-bond donors (Lipinski definition) is 3. The van der Waals surface area contributed by atoms with Crippen LogP contribution in [0.5, 0.6) is 0 Å². The summed E-state index contributed by atoms with van der Waals surface area (Å²) in [4.78, 5) is 24.1. The Bertz CT molecular complexity index is 448. The maximum absolute atomic E-state index is 11.7. The maximum Gasteiger partial charge on any atom is 0.231 e. The van der Waals surface area contributed by atoms with Crippen LogP contribution in [0.1, 0.15) is 12.0 Å². The number of nitrogens with two attached hydrogens (primary N) is 2. The van der Waals surface area contributed by atoms with E-state index in [0.29, 0.717) is 19.5 Å². The minimum absolute atomic E-state index is 0.106. The summed E-state index contributed by atoms with van der Waals surface area (Å²) in [6.45, 7) is 1.06. The summed E-state index contributed by atoms with van der Waals surface area (Å²) in [6.07, 6.45) is 0.302. The molecule has 0 saturated heterocycles. The molecule has 1 aromatic rings. The van der Waals surface area contributed by atoms with Crippen LogP contribution in [0.2, 0.25) is 0 Å². The first kappa shape index (κ1) is 15.1. The average Bonchev–Trinajstić information content (AvgIpc) is 2.36. The van der Waals surface area contributed by atoms with Crippen molar-refractivity contribution in [3.05, 3.63) is 29.8 Å². The second-order valence-corrected chi connectivity index (χ2v) is 4.41. The van der Waals surface area contributed by atoms with Gasteiger partial charge in [0.05, 0.1) is 6.54 Å². The predicted octanol–water partition coefficient (Wildman–Crippen LogP) is -0.109. The van der Waals surface area contributed by atoms with Gasteiger partial charge in [-0.2, -0.15) is 0 Å². The third kappa shape index (κ3) is 5.98. The number of primary amides is 1. The van der Waals surface area contributed by atoms with E-state index in [1.54, 1.807) is 11.9 Å². The first-order valence-electron chi connectivity index (χ1n) is 6.07. The SMILES string of the molecule is CN(CCC(=O)Nc1cccc(CN)c1)CC(N)=O. The quantitative estimate of drug-likeness (QED) is 0.639. The second kappa shape index (κ2) is 7.50. The molecule has 6 nitrogen and oxygen atoms in total. The molecule has 0 bridgehead atoms. The number of nitrogens with one attached hydrogen (secondary N) is 1. The lowest BCUT2D eigenvalue weighted by Gasteiger charge is -2.14. The van der Waals surface area contributed by atoms with E-state index in [4.69, 9.17) is 11.5 Å². The van der Waals surface area contributed by atoms with Gasteiger partial charge in [0.15, 0.2) is 0 Å². The number of benzene rings is 1. The Hall–Kier alpha value is -1.92. The van der Waals surface area contributed by atoms with Crippen LogP contribution in [0.4, 0.5) is 5.69 Å². The van der Waals surface area contributed by atoms with E-state index in [-0.39, 0.29) is 12.5 Å². The van der Waals surface area contributed by atoms with Crippen molar-refractivity contribution in [2.24, 2.45) is 11.5 Å². The van der Waals surface area contributed by atoms with Crippen LogP contribution >= 0.6 is 0 Å². The standard InChI is InChI=1S/C13H20N4O2/c1-17(9-12(15)18)6-5-13(19)16-11-4-2-3-10(7-11)8-14/h2-4,7H,5-6,8-9,14H2,1H3,(H2,15,18)(H,16,19). The van der Waals surface area contributed by atoms with Crippen molar-refractivity contribution in [1.29, 1.82) is 0 Å². The van der Waals surface area contributed by atoms with Gasteiger partial charge in [0, 0.05) is 25.2 Å². The number of likely N-dealkylation sites (N-methyl/N-ethyl adjacent to an activating group) is 1. The highest BCUT2D eigenvalue weighted by Gasteiger charge is 2.07. The number of carbonyl (C=O) groups is 2. The van der Waals surface area contributed by atoms with Gasteiger partial charge in [-0.25, -0.2) is 0 Å². The van der Waals surface area contributed by atoms with Crippen molar-refractivity contribution in [3.63, 3.8) is 0 Å². The summed E-state index contributed by atoms with van der Waals surface area (Å²) in [5, 5.41) is 2.79. The number of nitrogens with zero attached hydrogens (tertiary/aromatic N) is 1. The highest BCUT2D eigenvalue weighted by Crippen LogP contribution is 2.10. The van der Waals surface area contributed by atoms with Crippen molar-refractivity contribution >= 4 is 17.5 Å². The lowest BCUT2D eigenvalue weighted by Crippen LogP contribution is -2.32. The van der Waals surface area contributed by atoms with Gasteiger partial charge in [-0.1, -0.05) is 12.1 Å². The molecule has 0 spiro atoms. The van der Waals surface area contributed by atoms with Gasteiger partial charge in [-0.15, -0.1) is 0 Å². The summed E-state index contributed by atoms with van der Waals surface area (Å²) >= 11 is 0. The zero-order valence-electron chi connectivity index (χ0n) is 11.1. The molecule has 0 heterocycles. The molecule has 0 aliphatic heterocycles. The van der Waals surface area contributed by atoms with Crippen LogP contribution in [0.25, 0.3) is 0 Å². The average molecular weight is 264 g/mol. The predicted molar refractivity (Wildman–Crippen MR) is 74.3 cm³/mol. The smallest absolute Gasteiger partial charge is 0.231 e. The molecule has 0 unspecified atom stereocenters. The van der Waals surface area contributed by atoms with Gasteiger partial charge >= 0.3 is 0 Å². The Balaban J connectivity index is 2.40. The topological polar surface area (TPSA) is 101 Å². The fourth-order valence-electron chi connectivity index (χ4n) is 1.64. The summed E-state index contributed by atoms with van der Waals surface area (Å²) in [7, 11) is 1.74. The van der Waals surface area contributed by atoms with E-state index in [1.165, 1.54) is 0 Å². The minimum Gasteiger partial charge on any atom is -0.369 e. The molecule has 6 heteroatoms. The van der Waals surface area contributed by atoms with Crippen LogP contribution in [0, 0.1) is 0 Å². The second-order valence-electron chi connectivity index (χ2n) is 4.41. The van der Waals surface area contributed by atoms with Crippen molar-refractivity contribution in [1.82, 2.24) is 4.90 Å². The molecule has 2 amide bonds. The third-order valence-corrected chi connectivity index (χ3v) is 2.59. The number of amides is 2. The molecule has 1 aromatic carbocycles. The number of rotatable bonds is 7. The Morgan fingerprint density at radius 2 is 2.11 bits per heavy atom. The van der Waals surface area contributed by atoms with Crippen LogP contribution in [0.15, 0.2) is 24.3 Å². The molecule has 0 radical (unpaired) electrons. The van der Waals surface area contributed by atoms with Crippen LogP contribution in [0.3, 0.4) is 0 Å². The van der Waals surface area contributed by atoms with E-state index < -0.39 is 5.91 Å². The molecule has 0 saturated carbocycles. The van der Waals surface area contributed by atoms with E-state index in [9.17, 15) is 9.59 Å². The summed E-state index contributed by atoms with van der Waals surface area (Å²) in [6, 6.07) is 7.39. The highest BCUT2D eigenvalue weighted by molar-refractivity contribution is 5.90. The number of hydrogen-bond acceptors (Lipinski definition) is 4. The zero-order chi connectivity index (χ0) is 14.3. The van der Waals surface area contributed by atoms with E-state index >= 15 is 0 Å². The summed E-state index contributed by atoms with van der Waals surface area (Å²) < 4.78 is 0. The monoisotopic (exact) mass is 264 g/mol. The molecule has 0 aliphatic carbocycles. The largest absolute Gasteiger partial charge is 0.369 e. The van der Waals surface area contributed by atoms with Crippen molar-refractivity contribution in [3.8, 4) is 0 Å². The normalized spacial score (nSPS) is 10.5. The molecular formula is C13H20N4O2. The van der Waals surface area contributed by atoms with Gasteiger partial charge in [0.25, 0.3) is 0 Å². The molecule has 0 atom stereocenters. The minimum atomic E-state index is -0.404. The maximum atomic E-state index is 11.7. The Kier molecular flexibility index (Phi) is 5.98. The lowest BCUT2D eigenvalue weighted by atomic mass is 10.2. The molecule has 5 N–H and O–H groups in total. The Morgan fingerprint density at radius 3 is 2.74 bits per heavy atom. The third-order valence-electron chi connectivity index (χ3n) is 2.59. The number of carbonyl (C=O) groups excluding carboxylic acids is 2. The van der Waals surface area contributed by atoms with Gasteiger partial charge < -0.3 is 16.8 Å². The molecule has 0 aliphatic rings. The van der Waals surface area contributed by atoms with Gasteiger partial charge in [-0.05, 0) is 24.7 Å². The highest BCUT2D eigenvalue weighted by atomic mass is 16.2. The summed E-state index contributed by atoms with van der Waals surface area (Å²) in [5.74, 6) is -0.510.